The van der Waals surface area contributed by atoms with Crippen molar-refractivity contribution in [3.8, 4) is 0 Å². The molecule has 0 spiro atoms. The Balaban J connectivity index is 2.21. The van der Waals surface area contributed by atoms with Crippen LogP contribution in [-0.2, 0) is 4.79 Å². The van der Waals surface area contributed by atoms with Gasteiger partial charge in [-0.1, -0.05) is 6.92 Å². The summed E-state index contributed by atoms with van der Waals surface area (Å²) in [4.78, 5) is 11.3. The molecule has 0 amide bonds. The predicted octanol–water partition coefficient (Wildman–Crippen LogP) is 1.21. The van der Waals surface area contributed by atoms with Crippen LogP contribution in [0.2, 0.25) is 0 Å². The lowest BCUT2D eigenvalue weighted by atomic mass is 10.1. The Kier molecular flexibility index (Phi) is 2.66. The molecule has 0 aromatic rings. The molecule has 1 rings (SSSR count). The molecule has 0 aromatic heterocycles. The van der Waals surface area contributed by atoms with Crippen molar-refractivity contribution in [3.05, 3.63) is 0 Å². The fourth-order valence-electron chi connectivity index (χ4n) is 1.28. The molecular formula is C9H17NO. The van der Waals surface area contributed by atoms with Crippen LogP contribution >= 0.6 is 0 Å². The van der Waals surface area contributed by atoms with Gasteiger partial charge in [-0.2, -0.15) is 0 Å². The summed E-state index contributed by atoms with van der Waals surface area (Å²) in [5, 5.41) is 2.96. The maximum absolute atomic E-state index is 11.3. The van der Waals surface area contributed by atoms with Gasteiger partial charge in [0.1, 0.15) is 5.78 Å². The topological polar surface area (TPSA) is 29.1 Å². The highest BCUT2D eigenvalue weighted by molar-refractivity contribution is 5.84. The molecule has 2 nitrogen and oxygen atoms in total. The minimum Gasteiger partial charge on any atom is -0.311 e. The lowest BCUT2D eigenvalue weighted by molar-refractivity contribution is -0.120. The van der Waals surface area contributed by atoms with Crippen LogP contribution in [0.25, 0.3) is 0 Å². The third-order valence-electron chi connectivity index (χ3n) is 2.66. The van der Waals surface area contributed by atoms with Crippen LogP contribution in [0.1, 0.15) is 26.7 Å². The molecular weight excluding hydrogens is 138 g/mol. The van der Waals surface area contributed by atoms with E-state index in [0.717, 1.165) is 12.3 Å². The molecule has 2 heteroatoms. The second kappa shape index (κ2) is 3.35. The van der Waals surface area contributed by atoms with Crippen molar-refractivity contribution in [3.63, 3.8) is 0 Å². The zero-order valence-electron chi connectivity index (χ0n) is 7.55. The van der Waals surface area contributed by atoms with Gasteiger partial charge in [0.25, 0.3) is 0 Å². The molecule has 0 aromatic carbocycles. The zero-order chi connectivity index (χ0) is 8.43. The summed E-state index contributed by atoms with van der Waals surface area (Å²) in [5.74, 6) is 1.85. The smallest absolute Gasteiger partial charge is 0.149 e. The predicted molar refractivity (Wildman–Crippen MR) is 45.4 cm³/mol. The van der Waals surface area contributed by atoms with Gasteiger partial charge in [-0.25, -0.2) is 0 Å². The zero-order valence-corrected chi connectivity index (χ0v) is 7.55. The summed E-state index contributed by atoms with van der Waals surface area (Å²) >= 11 is 0. The van der Waals surface area contributed by atoms with Gasteiger partial charge in [-0.15, -0.1) is 0 Å². The molecule has 3 atom stereocenters. The third kappa shape index (κ3) is 2.29. The van der Waals surface area contributed by atoms with Gasteiger partial charge >= 0.3 is 0 Å². The van der Waals surface area contributed by atoms with E-state index in [1.807, 2.05) is 14.0 Å². The van der Waals surface area contributed by atoms with E-state index < -0.39 is 0 Å². The number of carbonyl (C=O) groups is 1. The van der Waals surface area contributed by atoms with Gasteiger partial charge in [0.15, 0.2) is 0 Å². The molecule has 0 bridgehead atoms. The lowest BCUT2D eigenvalue weighted by Crippen LogP contribution is -2.30. The van der Waals surface area contributed by atoms with Gasteiger partial charge in [0, 0.05) is 6.42 Å². The Morgan fingerprint density at radius 3 is 2.64 bits per heavy atom. The molecule has 1 aliphatic rings. The Morgan fingerprint density at radius 2 is 2.27 bits per heavy atom. The van der Waals surface area contributed by atoms with Gasteiger partial charge < -0.3 is 5.32 Å². The van der Waals surface area contributed by atoms with E-state index in [0.29, 0.717) is 11.7 Å². The highest BCUT2D eigenvalue weighted by Gasteiger charge is 2.34. The Hall–Kier alpha value is -0.370. The molecule has 0 saturated heterocycles. The number of carbonyl (C=O) groups excluding carboxylic acids is 1. The van der Waals surface area contributed by atoms with Crippen LogP contribution in [-0.4, -0.2) is 18.9 Å². The summed E-state index contributed by atoms with van der Waals surface area (Å²) in [6.07, 6.45) is 2.03. The summed E-state index contributed by atoms with van der Waals surface area (Å²) < 4.78 is 0. The van der Waals surface area contributed by atoms with Crippen LogP contribution < -0.4 is 5.32 Å². The Bertz CT molecular complexity index is 156. The second-order valence-corrected chi connectivity index (χ2v) is 3.65. The second-order valence-electron chi connectivity index (χ2n) is 3.65. The molecule has 1 fully saturated rings. The largest absolute Gasteiger partial charge is 0.311 e. The van der Waals surface area contributed by atoms with E-state index in [9.17, 15) is 4.79 Å². The van der Waals surface area contributed by atoms with Crippen LogP contribution in [0.15, 0.2) is 0 Å². The van der Waals surface area contributed by atoms with Crippen LogP contribution in [0, 0.1) is 11.8 Å². The normalized spacial score (nSPS) is 31.5. The van der Waals surface area contributed by atoms with E-state index in [1.54, 1.807) is 0 Å². The maximum Gasteiger partial charge on any atom is 0.149 e. The fourth-order valence-corrected chi connectivity index (χ4v) is 1.28. The van der Waals surface area contributed by atoms with Crippen LogP contribution in [0.3, 0.4) is 0 Å². The minimum absolute atomic E-state index is 0.0443. The quantitative estimate of drug-likeness (QED) is 0.661. The van der Waals surface area contributed by atoms with Gasteiger partial charge in [0.05, 0.1) is 6.04 Å². The first-order chi connectivity index (χ1) is 5.15. The molecule has 1 N–H and O–H groups in total. The molecule has 1 saturated carbocycles. The van der Waals surface area contributed by atoms with Crippen molar-refractivity contribution >= 4 is 5.78 Å². The van der Waals surface area contributed by atoms with Crippen molar-refractivity contribution < 1.29 is 4.79 Å². The maximum atomic E-state index is 11.3. The molecule has 1 aliphatic carbocycles. The number of hydrogen-bond donors (Lipinski definition) is 1. The van der Waals surface area contributed by atoms with Crippen molar-refractivity contribution in [2.24, 2.45) is 11.8 Å². The standard InChI is InChI=1S/C9H17NO/c1-6-4-8(6)5-9(11)7(2)10-3/h6-8,10H,4-5H2,1-3H3/t6?,7-,8?/m0/s1. The number of likely N-dealkylation sites (N-methyl/N-ethyl adjacent to an activating group) is 1. The SMILES string of the molecule is CN[C@@H](C)C(=O)CC1CC1C. The number of nitrogens with one attached hydrogen (secondary N) is 1. The first-order valence-electron chi connectivity index (χ1n) is 4.35. The Labute approximate surface area is 68.4 Å². The van der Waals surface area contributed by atoms with Gasteiger partial charge in [-0.05, 0) is 32.2 Å². The first kappa shape index (κ1) is 8.72. The lowest BCUT2D eigenvalue weighted by Gasteiger charge is -2.07. The van der Waals surface area contributed by atoms with Gasteiger partial charge in [0.2, 0.25) is 0 Å². The molecule has 11 heavy (non-hydrogen) atoms. The highest BCUT2D eigenvalue weighted by Crippen LogP contribution is 2.40. The summed E-state index contributed by atoms with van der Waals surface area (Å²) in [6, 6.07) is 0.0443. The van der Waals surface area contributed by atoms with E-state index in [2.05, 4.69) is 12.2 Å². The summed E-state index contributed by atoms with van der Waals surface area (Å²) in [7, 11) is 1.83. The number of hydrogen-bond acceptors (Lipinski definition) is 2. The van der Waals surface area contributed by atoms with E-state index in [-0.39, 0.29) is 6.04 Å². The average molecular weight is 155 g/mol. The first-order valence-corrected chi connectivity index (χ1v) is 4.35. The van der Waals surface area contributed by atoms with E-state index >= 15 is 0 Å². The monoisotopic (exact) mass is 155 g/mol. The van der Waals surface area contributed by atoms with Crippen LogP contribution in [0.5, 0.6) is 0 Å². The number of rotatable bonds is 4. The number of Topliss-reactive ketones (excluding diaryl/α,β-unsaturated/α-hetero) is 1. The van der Waals surface area contributed by atoms with Crippen LogP contribution in [0.4, 0.5) is 0 Å². The molecule has 0 radical (unpaired) electrons. The van der Waals surface area contributed by atoms with Crippen molar-refractivity contribution in [1.29, 1.82) is 0 Å². The molecule has 0 heterocycles. The fraction of sp³-hybridized carbons (Fsp3) is 0.889. The van der Waals surface area contributed by atoms with Crippen molar-refractivity contribution in [1.82, 2.24) is 5.32 Å². The molecule has 2 unspecified atom stereocenters. The van der Waals surface area contributed by atoms with Crippen molar-refractivity contribution in [2.45, 2.75) is 32.7 Å². The summed E-state index contributed by atoms with van der Waals surface area (Å²) in [6.45, 7) is 4.14. The number of ketones is 1. The Morgan fingerprint density at radius 1 is 1.73 bits per heavy atom. The minimum atomic E-state index is 0.0443. The van der Waals surface area contributed by atoms with Crippen molar-refractivity contribution in [2.75, 3.05) is 7.05 Å². The average Bonchev–Trinajstić information content (AvgIpc) is 2.65. The van der Waals surface area contributed by atoms with E-state index in [1.165, 1.54) is 6.42 Å². The molecule has 0 aliphatic heterocycles. The third-order valence-corrected chi connectivity index (χ3v) is 2.66. The summed E-state index contributed by atoms with van der Waals surface area (Å²) in [5.41, 5.74) is 0. The van der Waals surface area contributed by atoms with Gasteiger partial charge in [-0.3, -0.25) is 4.79 Å². The van der Waals surface area contributed by atoms with E-state index in [4.69, 9.17) is 0 Å². The molecule has 64 valence electrons. The highest BCUT2D eigenvalue weighted by atomic mass is 16.1.